The second-order valence-corrected chi connectivity index (χ2v) is 5.19. The molecule has 0 radical (unpaired) electrons. The van der Waals surface area contributed by atoms with Gasteiger partial charge in [-0.3, -0.25) is 4.79 Å². The van der Waals surface area contributed by atoms with Crippen LogP contribution in [0.4, 0.5) is 0 Å². The van der Waals surface area contributed by atoms with Gasteiger partial charge in [0, 0.05) is 22.9 Å². The molecule has 2 aromatic carbocycles. The van der Waals surface area contributed by atoms with Crippen LogP contribution >= 0.6 is 0 Å². The lowest BCUT2D eigenvalue weighted by Gasteiger charge is -2.10. The molecule has 6 heteroatoms. The SMILES string of the molecule is COc1ccc(Cc2[nH]c(=O)c(O)c3cc(O)c(O)cc23)cc1. The minimum absolute atomic E-state index is 0.188. The Morgan fingerprint density at radius 2 is 1.61 bits per heavy atom. The molecule has 0 saturated heterocycles. The van der Waals surface area contributed by atoms with Crippen LogP contribution in [0.2, 0.25) is 0 Å². The van der Waals surface area contributed by atoms with E-state index in [0.29, 0.717) is 17.5 Å². The molecule has 4 N–H and O–H groups in total. The molecule has 0 aliphatic heterocycles. The molecule has 0 unspecified atom stereocenters. The summed E-state index contributed by atoms with van der Waals surface area (Å²) in [6.45, 7) is 0. The quantitative estimate of drug-likeness (QED) is 0.555. The standard InChI is InChI=1S/C17H15NO5/c1-23-10-4-2-9(3-5-10)6-13-11-7-14(19)15(20)8-12(11)16(21)17(22)18-13/h2-5,7-8,19-21H,6H2,1H3,(H,18,22). The minimum atomic E-state index is -0.647. The molecule has 118 valence electrons. The van der Waals surface area contributed by atoms with Crippen LogP contribution in [-0.4, -0.2) is 27.4 Å². The molecule has 0 atom stereocenters. The van der Waals surface area contributed by atoms with Crippen molar-refractivity contribution in [3.05, 3.63) is 58.0 Å². The second-order valence-electron chi connectivity index (χ2n) is 5.19. The van der Waals surface area contributed by atoms with Crippen molar-refractivity contribution >= 4 is 10.8 Å². The maximum atomic E-state index is 11.9. The summed E-state index contributed by atoms with van der Waals surface area (Å²) in [4.78, 5) is 14.5. The molecule has 3 rings (SSSR count). The highest BCUT2D eigenvalue weighted by Gasteiger charge is 2.14. The second kappa shape index (κ2) is 5.57. The number of fused-ring (bicyclic) bond motifs is 1. The number of phenolic OH excluding ortho intramolecular Hbond substituents is 2. The van der Waals surface area contributed by atoms with Crippen LogP contribution in [-0.2, 0) is 6.42 Å². The average Bonchev–Trinajstić information content (AvgIpc) is 2.55. The third-order valence-electron chi connectivity index (χ3n) is 3.71. The van der Waals surface area contributed by atoms with E-state index < -0.39 is 17.1 Å². The fourth-order valence-corrected chi connectivity index (χ4v) is 2.50. The Balaban J connectivity index is 2.14. The van der Waals surface area contributed by atoms with E-state index in [2.05, 4.69) is 4.98 Å². The highest BCUT2D eigenvalue weighted by atomic mass is 16.5. The molecule has 0 saturated carbocycles. The number of pyridine rings is 1. The third kappa shape index (κ3) is 2.66. The van der Waals surface area contributed by atoms with Crippen molar-refractivity contribution in [1.29, 1.82) is 0 Å². The summed E-state index contributed by atoms with van der Waals surface area (Å²) in [6.07, 6.45) is 0.389. The third-order valence-corrected chi connectivity index (χ3v) is 3.71. The van der Waals surface area contributed by atoms with Crippen LogP contribution in [0.25, 0.3) is 10.8 Å². The van der Waals surface area contributed by atoms with Gasteiger partial charge in [0.1, 0.15) is 5.75 Å². The Kier molecular flexibility index (Phi) is 3.57. The molecular formula is C17H15NO5. The van der Waals surface area contributed by atoms with Crippen molar-refractivity contribution in [2.24, 2.45) is 0 Å². The number of phenols is 2. The first-order chi connectivity index (χ1) is 11.0. The molecule has 0 aliphatic rings. The first-order valence-electron chi connectivity index (χ1n) is 6.92. The van der Waals surface area contributed by atoms with E-state index in [-0.39, 0.29) is 11.1 Å². The molecular weight excluding hydrogens is 298 g/mol. The van der Waals surface area contributed by atoms with Gasteiger partial charge in [0.2, 0.25) is 0 Å². The monoisotopic (exact) mass is 313 g/mol. The Labute approximate surface area is 131 Å². The van der Waals surface area contributed by atoms with Crippen LogP contribution in [0, 0.1) is 0 Å². The van der Waals surface area contributed by atoms with Crippen LogP contribution in [0.1, 0.15) is 11.3 Å². The van der Waals surface area contributed by atoms with Gasteiger partial charge in [-0.05, 0) is 29.8 Å². The molecule has 1 heterocycles. The maximum absolute atomic E-state index is 11.9. The zero-order valence-electron chi connectivity index (χ0n) is 12.3. The lowest BCUT2D eigenvalue weighted by Crippen LogP contribution is -2.10. The van der Waals surface area contributed by atoms with E-state index in [9.17, 15) is 20.1 Å². The smallest absolute Gasteiger partial charge is 0.290 e. The number of aromatic hydroxyl groups is 3. The first kappa shape index (κ1) is 14.8. The normalized spacial score (nSPS) is 10.8. The van der Waals surface area contributed by atoms with Crippen LogP contribution in [0.3, 0.4) is 0 Å². The van der Waals surface area contributed by atoms with Crippen molar-refractivity contribution in [3.63, 3.8) is 0 Å². The predicted octanol–water partition coefficient (Wildman–Crippen LogP) is 2.24. The summed E-state index contributed by atoms with van der Waals surface area (Å²) >= 11 is 0. The number of H-pyrrole nitrogens is 1. The van der Waals surface area contributed by atoms with Crippen LogP contribution < -0.4 is 10.3 Å². The Hall–Kier alpha value is -3.15. The number of aromatic amines is 1. The summed E-state index contributed by atoms with van der Waals surface area (Å²) in [7, 11) is 1.58. The van der Waals surface area contributed by atoms with Crippen molar-refractivity contribution < 1.29 is 20.1 Å². The van der Waals surface area contributed by atoms with Crippen molar-refractivity contribution in [3.8, 4) is 23.0 Å². The lowest BCUT2D eigenvalue weighted by molar-refractivity contribution is 0.404. The molecule has 0 aliphatic carbocycles. The summed E-state index contributed by atoms with van der Waals surface area (Å²) in [5.41, 5.74) is 0.801. The number of benzene rings is 2. The van der Waals surface area contributed by atoms with Crippen molar-refractivity contribution in [2.45, 2.75) is 6.42 Å². The number of rotatable bonds is 3. The zero-order chi connectivity index (χ0) is 16.6. The largest absolute Gasteiger partial charge is 0.504 e. The molecule has 3 aromatic rings. The molecule has 0 amide bonds. The van der Waals surface area contributed by atoms with E-state index in [1.54, 1.807) is 19.2 Å². The van der Waals surface area contributed by atoms with Crippen molar-refractivity contribution in [1.82, 2.24) is 4.98 Å². The Morgan fingerprint density at radius 1 is 1.00 bits per heavy atom. The van der Waals surface area contributed by atoms with Gasteiger partial charge in [-0.1, -0.05) is 12.1 Å². The van der Waals surface area contributed by atoms with Crippen LogP contribution in [0.5, 0.6) is 23.0 Å². The predicted molar refractivity (Wildman–Crippen MR) is 85.4 cm³/mol. The number of hydrogen-bond donors (Lipinski definition) is 4. The van der Waals surface area contributed by atoms with E-state index in [0.717, 1.165) is 11.3 Å². The number of aromatic nitrogens is 1. The Morgan fingerprint density at radius 3 is 2.22 bits per heavy atom. The molecule has 0 fully saturated rings. The van der Waals surface area contributed by atoms with Gasteiger partial charge in [-0.2, -0.15) is 0 Å². The van der Waals surface area contributed by atoms with E-state index in [1.165, 1.54) is 12.1 Å². The lowest BCUT2D eigenvalue weighted by atomic mass is 10.0. The van der Waals surface area contributed by atoms with Crippen LogP contribution in [0.15, 0.2) is 41.2 Å². The van der Waals surface area contributed by atoms with Gasteiger partial charge in [0.05, 0.1) is 7.11 Å². The first-order valence-corrected chi connectivity index (χ1v) is 6.92. The van der Waals surface area contributed by atoms with Gasteiger partial charge in [0.25, 0.3) is 5.56 Å². The van der Waals surface area contributed by atoms with Gasteiger partial charge >= 0.3 is 0 Å². The number of nitrogens with one attached hydrogen (secondary N) is 1. The number of ether oxygens (including phenoxy) is 1. The van der Waals surface area contributed by atoms with Crippen molar-refractivity contribution in [2.75, 3.05) is 7.11 Å². The summed E-state index contributed by atoms with van der Waals surface area (Å²) in [5.74, 6) is -0.483. The summed E-state index contributed by atoms with van der Waals surface area (Å²) in [5, 5.41) is 29.8. The Bertz CT molecular complexity index is 928. The highest BCUT2D eigenvalue weighted by molar-refractivity contribution is 5.92. The fourth-order valence-electron chi connectivity index (χ4n) is 2.50. The molecule has 0 bridgehead atoms. The van der Waals surface area contributed by atoms with E-state index in [1.807, 2.05) is 12.1 Å². The summed E-state index contributed by atoms with van der Waals surface area (Å²) < 4.78 is 5.10. The van der Waals surface area contributed by atoms with E-state index >= 15 is 0 Å². The molecule has 6 nitrogen and oxygen atoms in total. The minimum Gasteiger partial charge on any atom is -0.504 e. The van der Waals surface area contributed by atoms with Gasteiger partial charge < -0.3 is 25.0 Å². The zero-order valence-corrected chi connectivity index (χ0v) is 12.3. The molecule has 1 aromatic heterocycles. The topological polar surface area (TPSA) is 103 Å². The van der Waals surface area contributed by atoms with Gasteiger partial charge in [0.15, 0.2) is 17.2 Å². The van der Waals surface area contributed by atoms with Gasteiger partial charge in [-0.15, -0.1) is 0 Å². The van der Waals surface area contributed by atoms with Gasteiger partial charge in [-0.25, -0.2) is 0 Å². The average molecular weight is 313 g/mol. The molecule has 0 spiro atoms. The molecule has 23 heavy (non-hydrogen) atoms. The number of hydrogen-bond acceptors (Lipinski definition) is 5. The summed E-state index contributed by atoms with van der Waals surface area (Å²) in [6, 6.07) is 9.82. The van der Waals surface area contributed by atoms with E-state index in [4.69, 9.17) is 4.74 Å². The highest BCUT2D eigenvalue weighted by Crippen LogP contribution is 2.34. The maximum Gasteiger partial charge on any atom is 0.290 e. The fraction of sp³-hybridized carbons (Fsp3) is 0.118. The number of methoxy groups -OCH3 is 1.